The zero-order valence-corrected chi connectivity index (χ0v) is 14.0. The van der Waals surface area contributed by atoms with Crippen LogP contribution in [0, 0.1) is 5.92 Å². The fourth-order valence-electron chi connectivity index (χ4n) is 2.58. The lowest BCUT2D eigenvalue weighted by molar-refractivity contribution is 0.422. The third-order valence-electron chi connectivity index (χ3n) is 3.76. The number of hydrazone groups is 1. The van der Waals surface area contributed by atoms with E-state index in [0.29, 0.717) is 5.92 Å². The molecule has 1 unspecified atom stereocenters. The smallest absolute Gasteiger partial charge is 0.0380 e. The summed E-state index contributed by atoms with van der Waals surface area (Å²) < 4.78 is 0. The average molecular weight is 268 g/mol. The highest BCUT2D eigenvalue weighted by Crippen LogP contribution is 2.19. The van der Waals surface area contributed by atoms with Crippen molar-refractivity contribution >= 4 is 5.71 Å². The predicted molar refractivity (Wildman–Crippen MR) is 87.8 cm³/mol. The van der Waals surface area contributed by atoms with E-state index in [4.69, 9.17) is 0 Å². The predicted octanol–water partition coefficient (Wildman–Crippen LogP) is 5.48. The van der Waals surface area contributed by atoms with Gasteiger partial charge in [0.1, 0.15) is 0 Å². The molecule has 1 atom stereocenters. The maximum absolute atomic E-state index is 4.61. The molecule has 0 aliphatic rings. The Morgan fingerprint density at radius 2 is 1.37 bits per heavy atom. The van der Waals surface area contributed by atoms with Crippen molar-refractivity contribution in [2.45, 2.75) is 85.0 Å². The lowest BCUT2D eigenvalue weighted by Gasteiger charge is -2.18. The van der Waals surface area contributed by atoms with Crippen LogP contribution in [0.25, 0.3) is 0 Å². The van der Waals surface area contributed by atoms with Crippen LogP contribution in [-0.4, -0.2) is 24.8 Å². The zero-order valence-electron chi connectivity index (χ0n) is 14.0. The molecule has 2 nitrogen and oxygen atoms in total. The molecular formula is C17H36N2. The summed E-state index contributed by atoms with van der Waals surface area (Å²) >= 11 is 0. The van der Waals surface area contributed by atoms with Gasteiger partial charge < -0.3 is 5.01 Å². The number of nitrogens with zero attached hydrogens (tertiary/aromatic N) is 2. The van der Waals surface area contributed by atoms with Crippen molar-refractivity contribution in [1.82, 2.24) is 5.01 Å². The number of rotatable bonds is 12. The summed E-state index contributed by atoms with van der Waals surface area (Å²) in [6.07, 6.45) is 13.6. The van der Waals surface area contributed by atoms with Gasteiger partial charge in [0.15, 0.2) is 0 Å². The SMILES string of the molecule is CCCCCCCCC(CCCC)/C(C)=N/N(C)C. The summed E-state index contributed by atoms with van der Waals surface area (Å²) in [5.41, 5.74) is 1.33. The lowest BCUT2D eigenvalue weighted by atomic mass is 9.91. The maximum Gasteiger partial charge on any atom is 0.0380 e. The third-order valence-corrected chi connectivity index (χ3v) is 3.76. The minimum absolute atomic E-state index is 0.702. The van der Waals surface area contributed by atoms with Gasteiger partial charge in [-0.2, -0.15) is 5.10 Å². The molecule has 0 aromatic rings. The minimum atomic E-state index is 0.702. The summed E-state index contributed by atoms with van der Waals surface area (Å²) in [6, 6.07) is 0. The zero-order chi connectivity index (χ0) is 14.5. The van der Waals surface area contributed by atoms with Crippen LogP contribution in [-0.2, 0) is 0 Å². The van der Waals surface area contributed by atoms with E-state index in [1.807, 2.05) is 19.1 Å². The molecule has 2 heteroatoms. The summed E-state index contributed by atoms with van der Waals surface area (Å²) in [6.45, 7) is 6.76. The van der Waals surface area contributed by atoms with Crippen molar-refractivity contribution in [3.05, 3.63) is 0 Å². The van der Waals surface area contributed by atoms with Crippen LogP contribution in [0.3, 0.4) is 0 Å². The van der Waals surface area contributed by atoms with Crippen molar-refractivity contribution in [1.29, 1.82) is 0 Å². The van der Waals surface area contributed by atoms with E-state index in [9.17, 15) is 0 Å². The molecule has 0 fully saturated rings. The molecule has 0 amide bonds. The van der Waals surface area contributed by atoms with Crippen LogP contribution >= 0.6 is 0 Å². The first kappa shape index (κ1) is 18.5. The fraction of sp³-hybridized carbons (Fsp3) is 0.941. The third kappa shape index (κ3) is 11.0. The molecule has 0 bridgehead atoms. The maximum atomic E-state index is 4.61. The van der Waals surface area contributed by atoms with Gasteiger partial charge in [0, 0.05) is 19.8 Å². The van der Waals surface area contributed by atoms with Gasteiger partial charge in [-0.1, -0.05) is 65.2 Å². The van der Waals surface area contributed by atoms with Crippen molar-refractivity contribution < 1.29 is 0 Å². The van der Waals surface area contributed by atoms with Crippen LogP contribution < -0.4 is 0 Å². The van der Waals surface area contributed by atoms with Gasteiger partial charge >= 0.3 is 0 Å². The quantitative estimate of drug-likeness (QED) is 0.260. The number of hydrogen-bond acceptors (Lipinski definition) is 2. The highest BCUT2D eigenvalue weighted by Gasteiger charge is 2.12. The second kappa shape index (κ2) is 12.5. The Balaban J connectivity index is 3.99. The van der Waals surface area contributed by atoms with Crippen LogP contribution in [0.15, 0.2) is 5.10 Å². The number of hydrogen-bond donors (Lipinski definition) is 0. The van der Waals surface area contributed by atoms with Crippen molar-refractivity contribution in [3.63, 3.8) is 0 Å². The molecule has 0 aromatic carbocycles. The first-order chi connectivity index (χ1) is 9.11. The molecule has 19 heavy (non-hydrogen) atoms. The Morgan fingerprint density at radius 3 is 1.95 bits per heavy atom. The summed E-state index contributed by atoms with van der Waals surface area (Å²) in [7, 11) is 4.04. The van der Waals surface area contributed by atoms with Gasteiger partial charge in [0.05, 0.1) is 0 Å². The van der Waals surface area contributed by atoms with Crippen LogP contribution in [0.1, 0.15) is 85.0 Å². The van der Waals surface area contributed by atoms with Gasteiger partial charge in [-0.15, -0.1) is 0 Å². The highest BCUT2D eigenvalue weighted by molar-refractivity contribution is 5.84. The Kier molecular flexibility index (Phi) is 12.2. The first-order valence-corrected chi connectivity index (χ1v) is 8.34. The Bertz CT molecular complexity index is 221. The number of unbranched alkanes of at least 4 members (excludes halogenated alkanes) is 6. The monoisotopic (exact) mass is 268 g/mol. The van der Waals surface area contributed by atoms with Crippen molar-refractivity contribution in [3.8, 4) is 0 Å². The standard InChI is InChI=1S/C17H36N2/c1-6-8-10-11-12-13-15-17(14-9-7-2)16(3)18-19(4)5/h17H,6-15H2,1-5H3/b18-16+. The second-order valence-electron chi connectivity index (χ2n) is 5.98. The van der Waals surface area contributed by atoms with Crippen LogP contribution in [0.5, 0.6) is 0 Å². The Hall–Kier alpha value is -0.530. The fourth-order valence-corrected chi connectivity index (χ4v) is 2.58. The normalized spacial score (nSPS) is 13.6. The molecule has 0 aliphatic carbocycles. The van der Waals surface area contributed by atoms with Crippen LogP contribution in [0.2, 0.25) is 0 Å². The van der Waals surface area contributed by atoms with E-state index in [2.05, 4.69) is 25.9 Å². The van der Waals surface area contributed by atoms with Gasteiger partial charge in [0.25, 0.3) is 0 Å². The van der Waals surface area contributed by atoms with Crippen molar-refractivity contribution in [2.24, 2.45) is 11.0 Å². The Morgan fingerprint density at radius 1 is 0.842 bits per heavy atom. The Labute approximate surface area is 121 Å². The van der Waals surface area contributed by atoms with Gasteiger partial charge in [-0.25, -0.2) is 0 Å². The first-order valence-electron chi connectivity index (χ1n) is 8.34. The van der Waals surface area contributed by atoms with E-state index in [1.54, 1.807) is 0 Å². The topological polar surface area (TPSA) is 15.6 Å². The van der Waals surface area contributed by atoms with Crippen molar-refractivity contribution in [2.75, 3.05) is 14.1 Å². The molecular weight excluding hydrogens is 232 g/mol. The molecule has 0 spiro atoms. The molecule has 0 aliphatic heterocycles. The highest BCUT2D eigenvalue weighted by atomic mass is 15.4. The van der Waals surface area contributed by atoms with Gasteiger partial charge in [-0.05, 0) is 25.7 Å². The molecule has 0 N–H and O–H groups in total. The average Bonchev–Trinajstić information content (AvgIpc) is 2.36. The molecule has 0 aromatic heterocycles. The molecule has 0 saturated carbocycles. The molecule has 114 valence electrons. The minimum Gasteiger partial charge on any atom is -0.303 e. The molecule has 0 saturated heterocycles. The van der Waals surface area contributed by atoms with Crippen LogP contribution in [0.4, 0.5) is 0 Å². The van der Waals surface area contributed by atoms with Gasteiger partial charge in [-0.3, -0.25) is 0 Å². The van der Waals surface area contributed by atoms with E-state index in [0.717, 1.165) is 0 Å². The van der Waals surface area contributed by atoms with E-state index in [-0.39, 0.29) is 0 Å². The van der Waals surface area contributed by atoms with Gasteiger partial charge in [0.2, 0.25) is 0 Å². The lowest BCUT2D eigenvalue weighted by Crippen LogP contribution is -2.16. The molecule has 0 heterocycles. The van der Waals surface area contributed by atoms with E-state index >= 15 is 0 Å². The summed E-state index contributed by atoms with van der Waals surface area (Å²) in [5.74, 6) is 0.702. The van der Waals surface area contributed by atoms with E-state index in [1.165, 1.54) is 69.9 Å². The summed E-state index contributed by atoms with van der Waals surface area (Å²) in [5, 5.41) is 6.55. The molecule has 0 rings (SSSR count). The summed E-state index contributed by atoms with van der Waals surface area (Å²) in [4.78, 5) is 0. The van der Waals surface area contributed by atoms with E-state index < -0.39 is 0 Å². The largest absolute Gasteiger partial charge is 0.303 e. The second-order valence-corrected chi connectivity index (χ2v) is 5.98. The molecule has 0 radical (unpaired) electrons.